The highest BCUT2D eigenvalue weighted by Crippen LogP contribution is 1.99. The van der Waals surface area contributed by atoms with E-state index in [0.29, 0.717) is 0 Å². The van der Waals surface area contributed by atoms with Crippen molar-refractivity contribution in [3.8, 4) is 0 Å². The van der Waals surface area contributed by atoms with E-state index < -0.39 is 0 Å². The van der Waals surface area contributed by atoms with E-state index in [1.165, 1.54) is 19.4 Å². The summed E-state index contributed by atoms with van der Waals surface area (Å²) >= 11 is 1.60. The zero-order valence-corrected chi connectivity index (χ0v) is 12.0. The van der Waals surface area contributed by atoms with Crippen molar-refractivity contribution in [3.63, 3.8) is 0 Å². The van der Waals surface area contributed by atoms with Crippen LogP contribution in [0.1, 0.15) is 26.7 Å². The molecule has 0 aliphatic carbocycles. The van der Waals surface area contributed by atoms with E-state index in [1.807, 2.05) is 42.4 Å². The molecule has 2 aromatic rings. The Balaban J connectivity index is 0.000000195. The smallest absolute Gasteiger partial charge is 0.106 e. The lowest BCUT2D eigenvalue weighted by Gasteiger charge is -2.05. The van der Waals surface area contributed by atoms with Crippen molar-refractivity contribution in [2.45, 2.75) is 39.3 Å². The number of hydrogen-bond acceptors (Lipinski definition) is 3. The van der Waals surface area contributed by atoms with Gasteiger partial charge in [0.2, 0.25) is 0 Å². The maximum Gasteiger partial charge on any atom is 0.106 e. The standard InChI is InChI=1S/C8H13N3.C3H3NS.C2H6/c1-3-8(9-4-1)7-11-6-2-5-10-11;1-2-5-3-4-1;1-2/h2,5-6,8-9H,1,3-4,7H2;1-3H;1-2H3/p+1. The van der Waals surface area contributed by atoms with Crippen LogP contribution in [0.3, 0.4) is 0 Å². The molecule has 0 radical (unpaired) electrons. The zero-order valence-electron chi connectivity index (χ0n) is 11.2. The van der Waals surface area contributed by atoms with Crippen molar-refractivity contribution in [2.24, 2.45) is 0 Å². The third kappa shape index (κ3) is 5.93. The van der Waals surface area contributed by atoms with E-state index in [4.69, 9.17) is 0 Å². The molecule has 0 saturated carbocycles. The summed E-state index contributed by atoms with van der Waals surface area (Å²) in [6.07, 6.45) is 8.36. The van der Waals surface area contributed by atoms with Crippen molar-refractivity contribution in [1.29, 1.82) is 0 Å². The van der Waals surface area contributed by atoms with Crippen LogP contribution in [-0.4, -0.2) is 27.4 Å². The van der Waals surface area contributed by atoms with Gasteiger partial charge in [-0.2, -0.15) is 5.10 Å². The Morgan fingerprint density at radius 3 is 2.72 bits per heavy atom. The Labute approximate surface area is 113 Å². The van der Waals surface area contributed by atoms with Crippen LogP contribution < -0.4 is 5.32 Å². The highest BCUT2D eigenvalue weighted by molar-refractivity contribution is 7.07. The van der Waals surface area contributed by atoms with Gasteiger partial charge in [0.1, 0.15) is 6.04 Å². The topological polar surface area (TPSA) is 47.3 Å². The summed E-state index contributed by atoms with van der Waals surface area (Å²) in [7, 11) is 0. The Bertz CT molecular complexity index is 335. The summed E-state index contributed by atoms with van der Waals surface area (Å²) in [5.74, 6) is 0. The van der Waals surface area contributed by atoms with E-state index in [-0.39, 0.29) is 0 Å². The molecule has 1 saturated heterocycles. The number of nitrogens with zero attached hydrogens (tertiary/aromatic N) is 3. The number of aromatic nitrogens is 3. The van der Waals surface area contributed by atoms with Crippen molar-refractivity contribution in [2.75, 3.05) is 6.54 Å². The first-order valence-electron chi connectivity index (χ1n) is 6.58. The predicted molar refractivity (Wildman–Crippen MR) is 75.5 cm³/mol. The van der Waals surface area contributed by atoms with Crippen molar-refractivity contribution in [3.05, 3.63) is 35.5 Å². The molecule has 1 fully saturated rings. The highest BCUT2D eigenvalue weighted by atomic mass is 32.1. The minimum Gasteiger partial charge on any atom is -0.342 e. The SMILES string of the molecule is CC.c1cnn(CC2CCC[NH2+]2)c1.c1cscn1. The number of quaternary nitrogens is 1. The van der Waals surface area contributed by atoms with Gasteiger partial charge in [0.25, 0.3) is 0 Å². The van der Waals surface area contributed by atoms with Crippen LogP contribution in [0.25, 0.3) is 0 Å². The van der Waals surface area contributed by atoms with Crippen LogP contribution in [0.4, 0.5) is 0 Å². The van der Waals surface area contributed by atoms with Crippen LogP contribution in [0, 0.1) is 0 Å². The van der Waals surface area contributed by atoms with Crippen molar-refractivity contribution in [1.82, 2.24) is 14.8 Å². The largest absolute Gasteiger partial charge is 0.342 e. The molecule has 0 amide bonds. The monoisotopic (exact) mass is 267 g/mol. The molecule has 0 aromatic carbocycles. The molecule has 4 nitrogen and oxygen atoms in total. The maximum absolute atomic E-state index is 4.18. The first-order valence-corrected chi connectivity index (χ1v) is 7.52. The molecule has 18 heavy (non-hydrogen) atoms. The van der Waals surface area contributed by atoms with Gasteiger partial charge in [-0.3, -0.25) is 9.67 Å². The number of hydrogen-bond donors (Lipinski definition) is 1. The van der Waals surface area contributed by atoms with E-state index in [0.717, 1.165) is 12.6 Å². The Morgan fingerprint density at radius 1 is 1.39 bits per heavy atom. The molecule has 0 spiro atoms. The normalized spacial score (nSPS) is 17.3. The van der Waals surface area contributed by atoms with E-state index in [9.17, 15) is 0 Å². The zero-order chi connectivity index (χ0) is 13.1. The molecule has 3 rings (SSSR count). The van der Waals surface area contributed by atoms with Gasteiger partial charge in [0.15, 0.2) is 0 Å². The second-order valence-electron chi connectivity index (χ2n) is 3.83. The summed E-state index contributed by atoms with van der Waals surface area (Å²) in [5.41, 5.74) is 1.79. The Hall–Kier alpha value is -1.20. The molecule has 3 heterocycles. The third-order valence-corrected chi connectivity index (χ3v) is 3.13. The molecule has 1 aliphatic rings. The first kappa shape index (κ1) is 14.9. The lowest BCUT2D eigenvalue weighted by molar-refractivity contribution is -0.671. The van der Waals surface area contributed by atoms with E-state index >= 15 is 0 Å². The summed E-state index contributed by atoms with van der Waals surface area (Å²) < 4.78 is 2.02. The van der Waals surface area contributed by atoms with Gasteiger partial charge >= 0.3 is 0 Å². The van der Waals surface area contributed by atoms with Gasteiger partial charge in [-0.1, -0.05) is 13.8 Å². The fourth-order valence-electron chi connectivity index (χ4n) is 1.84. The predicted octanol–water partition coefficient (Wildman–Crippen LogP) is 1.78. The molecular weight excluding hydrogens is 244 g/mol. The average molecular weight is 267 g/mol. The molecule has 1 aliphatic heterocycles. The number of nitrogens with two attached hydrogens (primary N) is 1. The van der Waals surface area contributed by atoms with Crippen LogP contribution in [0.15, 0.2) is 35.5 Å². The van der Waals surface area contributed by atoms with Gasteiger partial charge in [-0.05, 0) is 6.07 Å². The van der Waals surface area contributed by atoms with Gasteiger partial charge in [0, 0.05) is 36.8 Å². The molecule has 2 N–H and O–H groups in total. The van der Waals surface area contributed by atoms with Crippen LogP contribution in [0.5, 0.6) is 0 Å². The first-order chi connectivity index (χ1) is 8.95. The summed E-state index contributed by atoms with van der Waals surface area (Å²) in [6, 6.07) is 2.75. The maximum atomic E-state index is 4.18. The summed E-state index contributed by atoms with van der Waals surface area (Å²) in [5, 5.41) is 8.53. The van der Waals surface area contributed by atoms with Gasteiger partial charge in [-0.25, -0.2) is 0 Å². The number of rotatable bonds is 2. The van der Waals surface area contributed by atoms with Crippen LogP contribution in [-0.2, 0) is 6.54 Å². The molecule has 1 unspecified atom stereocenters. The highest BCUT2D eigenvalue weighted by Gasteiger charge is 2.18. The molecule has 2 aromatic heterocycles. The molecule has 1 atom stereocenters. The Morgan fingerprint density at radius 2 is 2.28 bits per heavy atom. The van der Waals surface area contributed by atoms with Gasteiger partial charge in [-0.15, -0.1) is 11.3 Å². The van der Waals surface area contributed by atoms with Gasteiger partial charge < -0.3 is 5.32 Å². The minimum absolute atomic E-state index is 0.773. The van der Waals surface area contributed by atoms with Gasteiger partial charge in [0.05, 0.1) is 18.6 Å². The Kier molecular flexibility index (Phi) is 8.08. The lowest BCUT2D eigenvalue weighted by atomic mass is 10.2. The lowest BCUT2D eigenvalue weighted by Crippen LogP contribution is -2.87. The molecule has 5 heteroatoms. The summed E-state index contributed by atoms with van der Waals surface area (Å²) in [4.78, 5) is 3.74. The second kappa shape index (κ2) is 9.79. The van der Waals surface area contributed by atoms with Crippen molar-refractivity contribution >= 4 is 11.3 Å². The summed E-state index contributed by atoms with van der Waals surface area (Å²) in [6.45, 7) is 6.37. The fraction of sp³-hybridized carbons (Fsp3) is 0.538. The molecule has 0 bridgehead atoms. The number of thiazole rings is 1. The second-order valence-corrected chi connectivity index (χ2v) is 4.59. The van der Waals surface area contributed by atoms with E-state index in [1.54, 1.807) is 23.0 Å². The minimum atomic E-state index is 0.773. The van der Waals surface area contributed by atoms with Crippen LogP contribution >= 0.6 is 11.3 Å². The van der Waals surface area contributed by atoms with Crippen molar-refractivity contribution < 1.29 is 5.32 Å². The fourth-order valence-corrected chi connectivity index (χ4v) is 2.19. The molecular formula is C13H23N4S+. The van der Waals surface area contributed by atoms with E-state index in [2.05, 4.69) is 15.4 Å². The molecule has 100 valence electrons. The third-order valence-electron chi connectivity index (χ3n) is 2.61. The van der Waals surface area contributed by atoms with Crippen LogP contribution in [0.2, 0.25) is 0 Å². The quantitative estimate of drug-likeness (QED) is 0.901. The average Bonchev–Trinajstić information content (AvgIpc) is 3.18.